The minimum atomic E-state index is -0.514. The molecule has 0 saturated heterocycles. The van der Waals surface area contributed by atoms with E-state index in [2.05, 4.69) is 15.6 Å². The summed E-state index contributed by atoms with van der Waals surface area (Å²) in [5.74, 6) is -0.567. The van der Waals surface area contributed by atoms with Crippen LogP contribution in [0.3, 0.4) is 0 Å². The molecule has 0 saturated carbocycles. The van der Waals surface area contributed by atoms with E-state index in [1.807, 2.05) is 26.8 Å². The Kier molecular flexibility index (Phi) is 9.27. The smallest absolute Gasteiger partial charge is 0.255 e. The van der Waals surface area contributed by atoms with Gasteiger partial charge in [-0.05, 0) is 44.5 Å². The highest BCUT2D eigenvalue weighted by molar-refractivity contribution is 6.09. The lowest BCUT2D eigenvalue weighted by atomic mass is 10.0. The van der Waals surface area contributed by atoms with E-state index in [0.717, 1.165) is 5.56 Å². The first kappa shape index (κ1) is 23.9. The molecule has 0 spiro atoms. The van der Waals surface area contributed by atoms with Gasteiger partial charge in [0.25, 0.3) is 11.8 Å². The predicted octanol–water partition coefficient (Wildman–Crippen LogP) is 2.95. The van der Waals surface area contributed by atoms with Gasteiger partial charge >= 0.3 is 0 Å². The zero-order valence-corrected chi connectivity index (χ0v) is 16.5. The fraction of sp³-hybridized carbons (Fsp3) is 0.278. The average molecular weight is 399 g/mol. The van der Waals surface area contributed by atoms with Gasteiger partial charge in [0.1, 0.15) is 0 Å². The van der Waals surface area contributed by atoms with E-state index in [1.165, 1.54) is 0 Å². The number of nitrogens with zero attached hydrogens (tertiary/aromatic N) is 1. The SMILES string of the molecule is Cc1cccc(C(=O)NCC(C)(C)N)c1NC(=O)c1ccncc1.Cl.Cl. The molecule has 0 radical (unpaired) electrons. The standard InChI is InChI=1S/C18H22N4O2.2ClH/c1-12-5-4-6-14(17(24)21-11-18(2,3)19)15(12)22-16(23)13-7-9-20-10-8-13;;/h4-10H,11,19H2,1-3H3,(H,21,24)(H,22,23);2*1H. The fourth-order valence-electron chi connectivity index (χ4n) is 2.12. The molecule has 4 N–H and O–H groups in total. The number of amides is 2. The monoisotopic (exact) mass is 398 g/mol. The topological polar surface area (TPSA) is 97.1 Å². The maximum absolute atomic E-state index is 12.5. The normalized spacial score (nSPS) is 10.2. The molecule has 142 valence electrons. The molecule has 2 aromatic rings. The highest BCUT2D eigenvalue weighted by atomic mass is 35.5. The van der Waals surface area contributed by atoms with E-state index in [9.17, 15) is 9.59 Å². The van der Waals surface area contributed by atoms with Crippen LogP contribution >= 0.6 is 24.8 Å². The summed E-state index contributed by atoms with van der Waals surface area (Å²) >= 11 is 0. The van der Waals surface area contributed by atoms with Crippen LogP contribution in [0.2, 0.25) is 0 Å². The Hall–Kier alpha value is -2.15. The van der Waals surface area contributed by atoms with Crippen molar-refractivity contribution in [3.63, 3.8) is 0 Å². The van der Waals surface area contributed by atoms with Gasteiger partial charge in [-0.25, -0.2) is 0 Å². The molecule has 2 amide bonds. The van der Waals surface area contributed by atoms with Gasteiger partial charge in [-0.1, -0.05) is 12.1 Å². The first-order valence-electron chi connectivity index (χ1n) is 7.66. The average Bonchev–Trinajstić information content (AvgIpc) is 2.54. The summed E-state index contributed by atoms with van der Waals surface area (Å²) in [6.45, 7) is 5.83. The molecule has 0 fully saturated rings. The first-order valence-corrected chi connectivity index (χ1v) is 7.66. The summed E-state index contributed by atoms with van der Waals surface area (Å²) in [5, 5.41) is 5.61. The van der Waals surface area contributed by atoms with Gasteiger partial charge in [0.2, 0.25) is 0 Å². The summed E-state index contributed by atoms with van der Waals surface area (Å²) in [4.78, 5) is 28.7. The second-order valence-corrected chi connectivity index (χ2v) is 6.36. The molecular formula is C18H24Cl2N4O2. The Labute approximate surface area is 165 Å². The van der Waals surface area contributed by atoms with Crippen molar-refractivity contribution in [2.45, 2.75) is 26.3 Å². The van der Waals surface area contributed by atoms with Crippen LogP contribution < -0.4 is 16.4 Å². The van der Waals surface area contributed by atoms with Gasteiger partial charge < -0.3 is 16.4 Å². The third-order valence-corrected chi connectivity index (χ3v) is 3.40. The van der Waals surface area contributed by atoms with Crippen molar-refractivity contribution < 1.29 is 9.59 Å². The van der Waals surface area contributed by atoms with Gasteiger partial charge in [-0.15, -0.1) is 24.8 Å². The van der Waals surface area contributed by atoms with Crippen molar-refractivity contribution in [1.82, 2.24) is 10.3 Å². The van der Waals surface area contributed by atoms with Crippen molar-refractivity contribution in [3.8, 4) is 0 Å². The maximum atomic E-state index is 12.5. The van der Waals surface area contributed by atoms with E-state index in [-0.39, 0.29) is 36.6 Å². The van der Waals surface area contributed by atoms with Crippen LogP contribution in [0, 0.1) is 6.92 Å². The van der Waals surface area contributed by atoms with Crippen LogP contribution in [0.5, 0.6) is 0 Å². The summed E-state index contributed by atoms with van der Waals surface area (Å²) in [6.07, 6.45) is 3.09. The Morgan fingerprint density at radius 3 is 2.27 bits per heavy atom. The van der Waals surface area contributed by atoms with Crippen LogP contribution in [0.15, 0.2) is 42.7 Å². The maximum Gasteiger partial charge on any atom is 0.255 e. The number of hydrogen-bond donors (Lipinski definition) is 3. The van der Waals surface area contributed by atoms with Crippen LogP contribution in [0.1, 0.15) is 40.1 Å². The van der Waals surface area contributed by atoms with E-state index >= 15 is 0 Å². The molecule has 26 heavy (non-hydrogen) atoms. The quantitative estimate of drug-likeness (QED) is 0.720. The molecule has 0 atom stereocenters. The number of aryl methyl sites for hydroxylation is 1. The molecule has 1 aromatic carbocycles. The number of carbonyl (C=O) groups excluding carboxylic acids is 2. The summed E-state index contributed by atoms with van der Waals surface area (Å²) < 4.78 is 0. The molecule has 8 heteroatoms. The number of nitrogens with two attached hydrogens (primary N) is 1. The van der Waals surface area contributed by atoms with Crippen LogP contribution in [0.25, 0.3) is 0 Å². The molecule has 1 heterocycles. The molecule has 2 rings (SSSR count). The van der Waals surface area contributed by atoms with Gasteiger partial charge in [-0.3, -0.25) is 14.6 Å². The number of rotatable bonds is 5. The Bertz CT molecular complexity index is 747. The molecule has 0 unspecified atom stereocenters. The van der Waals surface area contributed by atoms with Crippen molar-refractivity contribution >= 4 is 42.3 Å². The Morgan fingerprint density at radius 2 is 1.69 bits per heavy atom. The number of para-hydroxylation sites is 1. The zero-order valence-electron chi connectivity index (χ0n) is 14.9. The lowest BCUT2D eigenvalue weighted by molar-refractivity contribution is 0.0947. The number of nitrogens with one attached hydrogen (secondary N) is 2. The van der Waals surface area contributed by atoms with Crippen LogP contribution in [0.4, 0.5) is 5.69 Å². The summed E-state index contributed by atoms with van der Waals surface area (Å²) in [6, 6.07) is 8.52. The molecule has 1 aromatic heterocycles. The molecule has 0 aliphatic heterocycles. The number of aromatic nitrogens is 1. The predicted molar refractivity (Wildman–Crippen MR) is 108 cm³/mol. The second kappa shape index (κ2) is 10.1. The van der Waals surface area contributed by atoms with E-state index in [1.54, 1.807) is 36.7 Å². The largest absolute Gasteiger partial charge is 0.350 e. The number of anilines is 1. The molecular weight excluding hydrogens is 375 g/mol. The third-order valence-electron chi connectivity index (χ3n) is 3.40. The van der Waals surface area contributed by atoms with Gasteiger partial charge in [-0.2, -0.15) is 0 Å². The lowest BCUT2D eigenvalue weighted by Crippen LogP contribution is -2.45. The number of carbonyl (C=O) groups is 2. The zero-order chi connectivity index (χ0) is 17.7. The minimum Gasteiger partial charge on any atom is -0.350 e. The van der Waals surface area contributed by atoms with Crippen LogP contribution in [-0.2, 0) is 0 Å². The van der Waals surface area contributed by atoms with Gasteiger partial charge in [0.05, 0.1) is 11.3 Å². The van der Waals surface area contributed by atoms with E-state index < -0.39 is 5.54 Å². The lowest BCUT2D eigenvalue weighted by Gasteiger charge is -2.20. The second-order valence-electron chi connectivity index (χ2n) is 6.36. The minimum absolute atomic E-state index is 0. The van der Waals surface area contributed by atoms with Gasteiger partial charge in [0, 0.05) is 30.0 Å². The summed E-state index contributed by atoms with van der Waals surface area (Å²) in [7, 11) is 0. The number of hydrogen-bond acceptors (Lipinski definition) is 4. The fourth-order valence-corrected chi connectivity index (χ4v) is 2.12. The van der Waals surface area contributed by atoms with E-state index in [0.29, 0.717) is 23.4 Å². The summed E-state index contributed by atoms with van der Waals surface area (Å²) in [5.41, 5.74) is 7.56. The Balaban J connectivity index is 0.00000312. The number of pyridine rings is 1. The van der Waals surface area contributed by atoms with E-state index in [4.69, 9.17) is 5.73 Å². The Morgan fingerprint density at radius 1 is 1.08 bits per heavy atom. The molecule has 0 aliphatic carbocycles. The highest BCUT2D eigenvalue weighted by Crippen LogP contribution is 2.21. The number of halogens is 2. The van der Waals surface area contributed by atoms with Gasteiger partial charge in [0.15, 0.2) is 0 Å². The van der Waals surface area contributed by atoms with Crippen molar-refractivity contribution in [1.29, 1.82) is 0 Å². The molecule has 0 bridgehead atoms. The van der Waals surface area contributed by atoms with Crippen molar-refractivity contribution in [2.24, 2.45) is 5.73 Å². The third kappa shape index (κ3) is 6.63. The number of benzene rings is 1. The highest BCUT2D eigenvalue weighted by Gasteiger charge is 2.18. The van der Waals surface area contributed by atoms with Crippen molar-refractivity contribution in [2.75, 3.05) is 11.9 Å². The first-order chi connectivity index (χ1) is 11.3. The molecule has 0 aliphatic rings. The molecule has 6 nitrogen and oxygen atoms in total. The van der Waals surface area contributed by atoms with Crippen LogP contribution in [-0.4, -0.2) is 28.9 Å². The van der Waals surface area contributed by atoms with Crippen molar-refractivity contribution in [3.05, 3.63) is 59.4 Å².